The van der Waals surface area contributed by atoms with E-state index in [0.29, 0.717) is 37.7 Å². The molecule has 34 heavy (non-hydrogen) atoms. The summed E-state index contributed by atoms with van der Waals surface area (Å²) in [5.74, 6) is -1.27. The van der Waals surface area contributed by atoms with Gasteiger partial charge in [-0.25, -0.2) is 17.2 Å². The van der Waals surface area contributed by atoms with Crippen molar-refractivity contribution in [3.05, 3.63) is 60.2 Å². The number of halogens is 2. The van der Waals surface area contributed by atoms with Crippen LogP contribution in [0.1, 0.15) is 38.5 Å². The predicted octanol–water partition coefficient (Wildman–Crippen LogP) is 4.22. The molecule has 0 spiro atoms. The van der Waals surface area contributed by atoms with E-state index in [9.17, 15) is 22.0 Å². The highest BCUT2D eigenvalue weighted by Gasteiger charge is 2.43. The first kappa shape index (κ1) is 24.6. The summed E-state index contributed by atoms with van der Waals surface area (Å²) in [6.45, 7) is 1.84. The van der Waals surface area contributed by atoms with E-state index in [1.807, 2.05) is 35.2 Å². The lowest BCUT2D eigenvalue weighted by atomic mass is 9.78. The lowest BCUT2D eigenvalue weighted by Crippen LogP contribution is -2.51. The Labute approximate surface area is 199 Å². The molecule has 6 nitrogen and oxygen atoms in total. The molecular weight excluding hydrogens is 462 g/mol. The standard InChI is InChI=1S/C25H30F2N2O4S/c26-20-14-21(27)16-23(15-20)34(31,32)29-13-7-10-25(18-29,19-33-22-8-3-1-4-9-22)17-24(30)28-11-5-2-6-12-28/h1,3-4,8-9,14-16H,2,5-7,10-13,17-19H2/t25-/m0/s1. The highest BCUT2D eigenvalue weighted by molar-refractivity contribution is 7.89. The maximum absolute atomic E-state index is 13.8. The van der Waals surface area contributed by atoms with Gasteiger partial charge in [-0.2, -0.15) is 4.31 Å². The number of hydrogen-bond donors (Lipinski definition) is 0. The Morgan fingerprint density at radius 1 is 0.941 bits per heavy atom. The third-order valence-corrected chi connectivity index (χ3v) is 8.45. The molecule has 2 aliphatic rings. The first-order valence-electron chi connectivity index (χ1n) is 11.7. The van der Waals surface area contributed by atoms with Crippen LogP contribution in [0.3, 0.4) is 0 Å². The van der Waals surface area contributed by atoms with E-state index >= 15 is 0 Å². The third kappa shape index (κ3) is 5.75. The van der Waals surface area contributed by atoms with Gasteiger partial charge in [0.25, 0.3) is 0 Å². The van der Waals surface area contributed by atoms with E-state index in [0.717, 1.165) is 31.4 Å². The molecule has 0 aromatic heterocycles. The van der Waals surface area contributed by atoms with Gasteiger partial charge in [0.1, 0.15) is 17.4 Å². The number of sulfonamides is 1. The molecule has 1 amide bonds. The van der Waals surface area contributed by atoms with E-state index in [1.54, 1.807) is 0 Å². The number of para-hydroxylation sites is 1. The van der Waals surface area contributed by atoms with Gasteiger partial charge in [-0.05, 0) is 56.4 Å². The molecule has 4 rings (SSSR count). The van der Waals surface area contributed by atoms with Gasteiger partial charge in [0.2, 0.25) is 15.9 Å². The number of carbonyl (C=O) groups excluding carboxylic acids is 1. The topological polar surface area (TPSA) is 66.9 Å². The van der Waals surface area contributed by atoms with Crippen molar-refractivity contribution >= 4 is 15.9 Å². The first-order valence-corrected chi connectivity index (χ1v) is 13.1. The fourth-order valence-corrected chi connectivity index (χ4v) is 6.47. The van der Waals surface area contributed by atoms with Crippen LogP contribution in [0.2, 0.25) is 0 Å². The number of rotatable bonds is 7. The van der Waals surface area contributed by atoms with Gasteiger partial charge in [0.05, 0.1) is 11.5 Å². The van der Waals surface area contributed by atoms with Crippen LogP contribution in [-0.2, 0) is 14.8 Å². The maximum Gasteiger partial charge on any atom is 0.243 e. The zero-order valence-corrected chi connectivity index (χ0v) is 19.9. The average molecular weight is 493 g/mol. The molecule has 0 unspecified atom stereocenters. The minimum absolute atomic E-state index is 0.00703. The molecule has 0 N–H and O–H groups in total. The molecule has 0 bridgehead atoms. The molecule has 2 aromatic rings. The van der Waals surface area contributed by atoms with Crippen LogP contribution in [-0.4, -0.2) is 56.3 Å². The number of ether oxygens (including phenoxy) is 1. The summed E-state index contributed by atoms with van der Waals surface area (Å²) in [6, 6.07) is 11.5. The largest absolute Gasteiger partial charge is 0.493 e. The molecular formula is C25H30F2N2O4S. The highest BCUT2D eigenvalue weighted by atomic mass is 32.2. The van der Waals surface area contributed by atoms with Gasteiger partial charge in [0.15, 0.2) is 0 Å². The van der Waals surface area contributed by atoms with Crippen molar-refractivity contribution in [3.8, 4) is 5.75 Å². The zero-order valence-electron chi connectivity index (χ0n) is 19.1. The summed E-state index contributed by atoms with van der Waals surface area (Å²) in [4.78, 5) is 14.6. The minimum atomic E-state index is -4.15. The predicted molar refractivity (Wildman–Crippen MR) is 124 cm³/mol. The summed E-state index contributed by atoms with van der Waals surface area (Å²) >= 11 is 0. The number of hydrogen-bond acceptors (Lipinski definition) is 4. The Morgan fingerprint density at radius 3 is 2.29 bits per heavy atom. The Kier molecular flexibility index (Phi) is 7.52. The Balaban J connectivity index is 1.59. The molecule has 9 heteroatoms. The smallest absolute Gasteiger partial charge is 0.243 e. The fraction of sp³-hybridized carbons (Fsp3) is 0.480. The van der Waals surface area contributed by atoms with E-state index in [4.69, 9.17) is 4.74 Å². The molecule has 2 heterocycles. The van der Waals surface area contributed by atoms with Crippen molar-refractivity contribution < 1.29 is 26.7 Å². The third-order valence-electron chi connectivity index (χ3n) is 6.62. The monoisotopic (exact) mass is 492 g/mol. The van der Waals surface area contributed by atoms with E-state index < -0.39 is 32.0 Å². The fourth-order valence-electron chi connectivity index (χ4n) is 4.84. The summed E-state index contributed by atoms with van der Waals surface area (Å²) < 4.78 is 61.4. The number of benzene rings is 2. The van der Waals surface area contributed by atoms with Gasteiger partial charge < -0.3 is 9.64 Å². The van der Waals surface area contributed by atoms with Gasteiger partial charge >= 0.3 is 0 Å². The van der Waals surface area contributed by atoms with Crippen molar-refractivity contribution in [2.45, 2.75) is 43.4 Å². The van der Waals surface area contributed by atoms with Crippen molar-refractivity contribution in [3.63, 3.8) is 0 Å². The molecule has 0 saturated carbocycles. The number of amides is 1. The Bertz CT molecular complexity index is 1090. The number of nitrogens with zero attached hydrogens (tertiary/aromatic N) is 2. The Hall–Kier alpha value is -2.52. The highest BCUT2D eigenvalue weighted by Crippen LogP contribution is 2.37. The van der Waals surface area contributed by atoms with Crippen molar-refractivity contribution in [1.29, 1.82) is 0 Å². The lowest BCUT2D eigenvalue weighted by Gasteiger charge is -2.42. The average Bonchev–Trinajstić information content (AvgIpc) is 2.83. The number of carbonyl (C=O) groups is 1. The van der Waals surface area contributed by atoms with E-state index in [-0.39, 0.29) is 32.0 Å². The van der Waals surface area contributed by atoms with Crippen LogP contribution in [0.4, 0.5) is 8.78 Å². The molecule has 0 aliphatic carbocycles. The second-order valence-electron chi connectivity index (χ2n) is 9.27. The van der Waals surface area contributed by atoms with Crippen molar-refractivity contribution in [1.82, 2.24) is 9.21 Å². The van der Waals surface area contributed by atoms with Crippen LogP contribution >= 0.6 is 0 Å². The van der Waals surface area contributed by atoms with E-state index in [1.165, 1.54) is 4.31 Å². The van der Waals surface area contributed by atoms with Crippen molar-refractivity contribution in [2.24, 2.45) is 5.41 Å². The van der Waals surface area contributed by atoms with Gasteiger partial charge in [-0.15, -0.1) is 0 Å². The van der Waals surface area contributed by atoms with Crippen LogP contribution in [0.25, 0.3) is 0 Å². The van der Waals surface area contributed by atoms with Crippen molar-refractivity contribution in [2.75, 3.05) is 32.8 Å². The number of likely N-dealkylation sites (tertiary alicyclic amines) is 1. The summed E-state index contributed by atoms with van der Waals surface area (Å²) in [6.07, 6.45) is 4.31. The lowest BCUT2D eigenvalue weighted by molar-refractivity contribution is -0.136. The van der Waals surface area contributed by atoms with Gasteiger partial charge in [-0.3, -0.25) is 4.79 Å². The van der Waals surface area contributed by atoms with E-state index in [2.05, 4.69) is 0 Å². The molecule has 2 aromatic carbocycles. The maximum atomic E-state index is 13.8. The molecule has 2 aliphatic heterocycles. The molecule has 2 saturated heterocycles. The quantitative estimate of drug-likeness (QED) is 0.581. The molecule has 2 fully saturated rings. The van der Waals surface area contributed by atoms with Crippen LogP contribution in [0.5, 0.6) is 5.75 Å². The Morgan fingerprint density at radius 2 is 1.62 bits per heavy atom. The van der Waals surface area contributed by atoms with Crippen LogP contribution < -0.4 is 4.74 Å². The summed E-state index contributed by atoms with van der Waals surface area (Å²) in [7, 11) is -4.15. The van der Waals surface area contributed by atoms with Gasteiger partial charge in [-0.1, -0.05) is 18.2 Å². The number of piperidine rings is 2. The molecule has 0 radical (unpaired) electrons. The minimum Gasteiger partial charge on any atom is -0.493 e. The zero-order chi connectivity index (χ0) is 24.2. The second-order valence-corrected chi connectivity index (χ2v) is 11.2. The summed E-state index contributed by atoms with van der Waals surface area (Å²) in [5, 5.41) is 0. The van der Waals surface area contributed by atoms with Crippen LogP contribution in [0.15, 0.2) is 53.4 Å². The first-order chi connectivity index (χ1) is 16.3. The SMILES string of the molecule is O=C(C[C@@]1(COc2ccccc2)CCCN(S(=O)(=O)c2cc(F)cc(F)c2)C1)N1CCCCC1. The summed E-state index contributed by atoms with van der Waals surface area (Å²) in [5.41, 5.74) is -0.748. The molecule has 184 valence electrons. The van der Waals surface area contributed by atoms with Crippen LogP contribution in [0, 0.1) is 17.0 Å². The van der Waals surface area contributed by atoms with Gasteiger partial charge in [0, 0.05) is 44.1 Å². The normalized spacial score (nSPS) is 21.9. The second kappa shape index (κ2) is 10.4. The molecule has 1 atom stereocenters.